The summed E-state index contributed by atoms with van der Waals surface area (Å²) in [4.78, 5) is 3.93. The van der Waals surface area contributed by atoms with Crippen LogP contribution in [0.25, 0.3) is 0 Å². The molecule has 0 fully saturated rings. The van der Waals surface area contributed by atoms with Crippen molar-refractivity contribution < 1.29 is 8.42 Å². The minimum absolute atomic E-state index is 0.197. The van der Waals surface area contributed by atoms with Gasteiger partial charge in [-0.1, -0.05) is 13.3 Å². The summed E-state index contributed by atoms with van der Waals surface area (Å²) >= 11 is 1.16. The van der Waals surface area contributed by atoms with E-state index in [-0.39, 0.29) is 10.3 Å². The third kappa shape index (κ3) is 3.51. The smallest absolute Gasteiger partial charge is 0.251 e. The van der Waals surface area contributed by atoms with Crippen molar-refractivity contribution in [2.24, 2.45) is 5.73 Å². The molecule has 0 spiro atoms. The van der Waals surface area contributed by atoms with E-state index in [2.05, 4.69) is 9.71 Å². The fourth-order valence-electron chi connectivity index (χ4n) is 1.32. The third-order valence-electron chi connectivity index (χ3n) is 2.11. The second kappa shape index (κ2) is 5.72. The lowest BCUT2D eigenvalue weighted by Crippen LogP contribution is -2.39. The van der Waals surface area contributed by atoms with E-state index in [9.17, 15) is 8.42 Å². The van der Waals surface area contributed by atoms with Crippen LogP contribution in [0.1, 0.15) is 24.8 Å². The van der Waals surface area contributed by atoms with Crippen LogP contribution in [0, 0.1) is 6.92 Å². The van der Waals surface area contributed by atoms with Gasteiger partial charge in [0.05, 0.1) is 11.2 Å². The molecule has 1 rings (SSSR count). The van der Waals surface area contributed by atoms with E-state index in [4.69, 9.17) is 5.73 Å². The van der Waals surface area contributed by atoms with Gasteiger partial charge in [0.25, 0.3) is 10.0 Å². The molecule has 0 radical (unpaired) electrons. The highest BCUT2D eigenvalue weighted by atomic mass is 32.2. The summed E-state index contributed by atoms with van der Waals surface area (Å²) in [5.74, 6) is 0. The van der Waals surface area contributed by atoms with Crippen LogP contribution in [-0.2, 0) is 10.0 Å². The van der Waals surface area contributed by atoms with Crippen LogP contribution >= 0.6 is 11.3 Å². The van der Waals surface area contributed by atoms with Crippen LogP contribution in [0.5, 0.6) is 0 Å². The maximum Gasteiger partial charge on any atom is 0.251 e. The third-order valence-corrected chi connectivity index (χ3v) is 5.00. The maximum atomic E-state index is 11.9. The van der Waals surface area contributed by atoms with Gasteiger partial charge in [-0.2, -0.15) is 0 Å². The highest BCUT2D eigenvalue weighted by molar-refractivity contribution is 7.91. The normalized spacial score (nSPS) is 13.9. The Hall–Kier alpha value is -0.500. The Balaban J connectivity index is 2.78. The fraction of sp³-hybridized carbons (Fsp3) is 0.667. The number of aryl methyl sites for hydroxylation is 1. The van der Waals surface area contributed by atoms with Gasteiger partial charge >= 0.3 is 0 Å². The molecule has 0 aromatic carbocycles. The van der Waals surface area contributed by atoms with E-state index >= 15 is 0 Å². The Labute approximate surface area is 100 Å². The van der Waals surface area contributed by atoms with E-state index in [0.717, 1.165) is 29.2 Å². The van der Waals surface area contributed by atoms with Crippen molar-refractivity contribution in [3.05, 3.63) is 11.2 Å². The van der Waals surface area contributed by atoms with E-state index in [1.165, 1.54) is 6.20 Å². The van der Waals surface area contributed by atoms with Crippen molar-refractivity contribution in [1.82, 2.24) is 9.71 Å². The summed E-state index contributed by atoms with van der Waals surface area (Å²) in [5.41, 5.74) is 5.51. The van der Waals surface area contributed by atoms with E-state index in [1.54, 1.807) is 6.92 Å². The molecule has 0 amide bonds. The molecule has 0 aliphatic rings. The largest absolute Gasteiger partial charge is 0.329 e. The van der Waals surface area contributed by atoms with Gasteiger partial charge in [0.15, 0.2) is 4.21 Å². The molecule has 1 unspecified atom stereocenters. The molecule has 1 aromatic heterocycles. The SMILES string of the molecule is CCCC(CN)NS(=O)(=O)c1cnc(C)s1. The van der Waals surface area contributed by atoms with Gasteiger partial charge in [-0.15, -0.1) is 11.3 Å². The molecule has 7 heteroatoms. The topological polar surface area (TPSA) is 85.1 Å². The molecule has 0 bridgehead atoms. The van der Waals surface area contributed by atoms with Crippen LogP contribution in [0.3, 0.4) is 0 Å². The average molecular weight is 263 g/mol. The van der Waals surface area contributed by atoms with Crippen molar-refractivity contribution in [1.29, 1.82) is 0 Å². The first-order chi connectivity index (χ1) is 7.49. The molecule has 92 valence electrons. The molecule has 0 saturated heterocycles. The van der Waals surface area contributed by atoms with Crippen LogP contribution in [-0.4, -0.2) is 26.0 Å². The Kier molecular flexibility index (Phi) is 4.85. The Bertz CT molecular complexity index is 428. The maximum absolute atomic E-state index is 11.9. The second-order valence-corrected chi connectivity index (χ2v) is 6.72. The molecule has 0 saturated carbocycles. The fourth-order valence-corrected chi connectivity index (χ4v) is 3.72. The molecule has 0 aliphatic carbocycles. The lowest BCUT2D eigenvalue weighted by molar-refractivity contribution is 0.528. The first-order valence-electron chi connectivity index (χ1n) is 5.14. The molecule has 3 N–H and O–H groups in total. The van der Waals surface area contributed by atoms with Crippen molar-refractivity contribution in [3.8, 4) is 0 Å². The zero-order valence-electron chi connectivity index (χ0n) is 9.43. The van der Waals surface area contributed by atoms with Gasteiger partial charge < -0.3 is 5.73 Å². The number of nitrogens with two attached hydrogens (primary N) is 1. The van der Waals surface area contributed by atoms with Gasteiger partial charge in [-0.25, -0.2) is 18.1 Å². The van der Waals surface area contributed by atoms with Crippen molar-refractivity contribution in [2.45, 2.75) is 36.9 Å². The Morgan fingerprint density at radius 1 is 1.62 bits per heavy atom. The predicted octanol–water partition coefficient (Wildman–Crippen LogP) is 0.857. The van der Waals surface area contributed by atoms with Gasteiger partial charge in [-0.05, 0) is 13.3 Å². The minimum atomic E-state index is -3.45. The molecular formula is C9H17N3O2S2. The van der Waals surface area contributed by atoms with Gasteiger partial charge in [-0.3, -0.25) is 0 Å². The van der Waals surface area contributed by atoms with Crippen molar-refractivity contribution >= 4 is 21.4 Å². The summed E-state index contributed by atoms with van der Waals surface area (Å²) in [6, 6.07) is -0.197. The highest BCUT2D eigenvalue weighted by Gasteiger charge is 2.20. The predicted molar refractivity (Wildman–Crippen MR) is 64.9 cm³/mol. The zero-order valence-corrected chi connectivity index (χ0v) is 11.1. The molecule has 16 heavy (non-hydrogen) atoms. The second-order valence-electron chi connectivity index (χ2n) is 3.54. The van der Waals surface area contributed by atoms with Crippen molar-refractivity contribution in [3.63, 3.8) is 0 Å². The minimum Gasteiger partial charge on any atom is -0.329 e. The molecular weight excluding hydrogens is 246 g/mol. The Morgan fingerprint density at radius 2 is 2.31 bits per heavy atom. The molecule has 0 aliphatic heterocycles. The van der Waals surface area contributed by atoms with Crippen LogP contribution in [0.15, 0.2) is 10.4 Å². The summed E-state index contributed by atoms with van der Waals surface area (Å²) in [6.45, 7) is 4.08. The lowest BCUT2D eigenvalue weighted by Gasteiger charge is -2.14. The van der Waals surface area contributed by atoms with E-state index in [1.807, 2.05) is 6.92 Å². The van der Waals surface area contributed by atoms with Crippen LogP contribution in [0.2, 0.25) is 0 Å². The van der Waals surface area contributed by atoms with Crippen LogP contribution in [0.4, 0.5) is 0 Å². The lowest BCUT2D eigenvalue weighted by atomic mass is 10.2. The van der Waals surface area contributed by atoms with Crippen molar-refractivity contribution in [2.75, 3.05) is 6.54 Å². The van der Waals surface area contributed by atoms with E-state index < -0.39 is 10.0 Å². The highest BCUT2D eigenvalue weighted by Crippen LogP contribution is 2.18. The molecule has 5 nitrogen and oxygen atoms in total. The first-order valence-corrected chi connectivity index (χ1v) is 7.44. The molecule has 1 aromatic rings. The number of aromatic nitrogens is 1. The quantitative estimate of drug-likeness (QED) is 0.797. The summed E-state index contributed by atoms with van der Waals surface area (Å²) in [7, 11) is -3.45. The standard InChI is InChI=1S/C9H17N3O2S2/c1-3-4-8(5-10)12-16(13,14)9-6-11-7(2)15-9/h6,8,12H,3-5,10H2,1-2H3. The van der Waals surface area contributed by atoms with Gasteiger partial charge in [0.1, 0.15) is 0 Å². The molecule has 1 heterocycles. The number of nitrogens with one attached hydrogen (secondary N) is 1. The number of thiazole rings is 1. The van der Waals surface area contributed by atoms with Gasteiger partial charge in [0, 0.05) is 12.6 Å². The molecule has 1 atom stereocenters. The number of nitrogens with zero attached hydrogens (tertiary/aromatic N) is 1. The average Bonchev–Trinajstić information content (AvgIpc) is 2.64. The number of sulfonamides is 1. The Morgan fingerprint density at radius 3 is 2.75 bits per heavy atom. The monoisotopic (exact) mass is 263 g/mol. The van der Waals surface area contributed by atoms with E-state index in [0.29, 0.717) is 6.54 Å². The number of hydrogen-bond donors (Lipinski definition) is 2. The summed E-state index contributed by atoms with van der Waals surface area (Å²) < 4.78 is 26.6. The first kappa shape index (κ1) is 13.6. The van der Waals surface area contributed by atoms with Crippen LogP contribution < -0.4 is 10.5 Å². The number of hydrogen-bond acceptors (Lipinski definition) is 5. The summed E-state index contributed by atoms with van der Waals surface area (Å²) in [6.07, 6.45) is 3.02. The summed E-state index contributed by atoms with van der Waals surface area (Å²) in [5, 5.41) is 0.736. The van der Waals surface area contributed by atoms with Gasteiger partial charge in [0.2, 0.25) is 0 Å². The zero-order chi connectivity index (χ0) is 12.2. The number of rotatable bonds is 6.